The molecule has 12 valence electrons. The molecule has 0 aromatic heterocycles. The molecule has 0 saturated heterocycles. The summed E-state index contributed by atoms with van der Waals surface area (Å²) in [5.41, 5.74) is 0. The third-order valence-electron chi connectivity index (χ3n) is 0. The zero-order valence-corrected chi connectivity index (χ0v) is 8.05. The van der Waals surface area contributed by atoms with Crippen LogP contribution in [0.4, 0.5) is 0 Å². The molecule has 0 spiro atoms. The largest absolute Gasteiger partial charge is 0 e. The average molecular weight is 151 g/mol. The Morgan fingerprint density at radius 1 is 1.00 bits per heavy atom. The van der Waals surface area contributed by atoms with Crippen molar-refractivity contribution in [2.24, 2.45) is 0 Å². The summed E-state index contributed by atoms with van der Waals surface area (Å²) < 4.78 is 0. The Kier molecular flexibility index (Phi) is 197. The summed E-state index contributed by atoms with van der Waals surface area (Å²) in [6, 6.07) is 0. The number of rotatable bonds is 0. The molecule has 0 N–H and O–H groups in total. The van der Waals surface area contributed by atoms with Crippen molar-refractivity contribution in [3.63, 3.8) is 0 Å². The van der Waals surface area contributed by atoms with Crippen LogP contribution in [0.5, 0.6) is 0 Å². The van der Waals surface area contributed by atoms with Crippen LogP contribution in [0.15, 0.2) is 0 Å². The van der Waals surface area contributed by atoms with Crippen LogP contribution in [-0.4, -0.2) is 25.8 Å². The standard InChI is InChI=1S/Al.B.Ti.Zn. The summed E-state index contributed by atoms with van der Waals surface area (Å²) in [5, 5.41) is 0. The molecule has 0 fully saturated rings. The van der Waals surface area contributed by atoms with Gasteiger partial charge >= 0.3 is 0 Å². The quantitative estimate of drug-likeness (QED) is 0.399. The number of hydrogen-bond acceptors (Lipinski definition) is 0. The van der Waals surface area contributed by atoms with E-state index in [-0.39, 0.29) is 67.0 Å². The van der Waals surface area contributed by atoms with Gasteiger partial charge in [-0.25, -0.2) is 0 Å². The molecule has 0 aromatic carbocycles. The molecule has 0 amide bonds. The predicted molar refractivity (Wildman–Crippen MR) is 11.5 cm³/mol. The zero-order chi connectivity index (χ0) is 0. The van der Waals surface area contributed by atoms with Crippen molar-refractivity contribution in [1.29, 1.82) is 0 Å². The maximum Gasteiger partial charge on any atom is 0 e. The summed E-state index contributed by atoms with van der Waals surface area (Å²) in [7, 11) is 0. The second-order valence-electron chi connectivity index (χ2n) is 0. The predicted octanol–water partition coefficient (Wildman–Crippen LogP) is -0.767. The minimum Gasteiger partial charge on any atom is 0 e. The van der Waals surface area contributed by atoms with Gasteiger partial charge in [0.25, 0.3) is 0 Å². The first-order valence-electron chi connectivity index (χ1n) is 0. The first-order chi connectivity index (χ1) is 0. The first-order valence-corrected chi connectivity index (χ1v) is 0. The molecule has 0 heterocycles. The molecule has 4 heavy (non-hydrogen) atoms. The van der Waals surface area contributed by atoms with E-state index in [4.69, 9.17) is 0 Å². The Morgan fingerprint density at radius 3 is 1.00 bits per heavy atom. The molecule has 0 aliphatic rings. The minimum atomic E-state index is 0. The van der Waals surface area contributed by atoms with Gasteiger partial charge < -0.3 is 0 Å². The van der Waals surface area contributed by atoms with Crippen molar-refractivity contribution in [2.45, 2.75) is 0 Å². The van der Waals surface area contributed by atoms with Gasteiger partial charge in [-0.1, -0.05) is 0 Å². The molecular weight excluding hydrogens is 151 g/mol. The Hall–Kier alpha value is 1.94. The summed E-state index contributed by atoms with van der Waals surface area (Å²) in [6.07, 6.45) is 0. The Balaban J connectivity index is 0. The van der Waals surface area contributed by atoms with Gasteiger partial charge in [0, 0.05) is 67.0 Å². The third-order valence-corrected chi connectivity index (χ3v) is 0. The second kappa shape index (κ2) is 20.4. The van der Waals surface area contributed by atoms with Crippen molar-refractivity contribution in [3.05, 3.63) is 0 Å². The zero-order valence-electron chi connectivity index (χ0n) is 2.36. The molecule has 4 heteroatoms. The van der Waals surface area contributed by atoms with Crippen LogP contribution in [0.1, 0.15) is 0 Å². The molecule has 0 aromatic rings. The molecule has 0 aliphatic carbocycles. The second-order valence-corrected chi connectivity index (χ2v) is 0. The van der Waals surface area contributed by atoms with E-state index in [0.717, 1.165) is 0 Å². The summed E-state index contributed by atoms with van der Waals surface area (Å²) in [6.45, 7) is 0. The molecular formula is AlBTiZn. The number of hydrogen-bond donors (Lipinski definition) is 0. The Labute approximate surface area is 66.5 Å². The first kappa shape index (κ1) is 38.6. The fourth-order valence-electron chi connectivity index (χ4n) is 0. The minimum absolute atomic E-state index is 0. The Morgan fingerprint density at radius 2 is 1.00 bits per heavy atom. The van der Waals surface area contributed by atoms with Crippen LogP contribution in [0.2, 0.25) is 0 Å². The monoisotopic (exact) mass is 150 g/mol. The van der Waals surface area contributed by atoms with Gasteiger partial charge in [0.05, 0.1) is 0 Å². The van der Waals surface area contributed by atoms with Gasteiger partial charge in [0.15, 0.2) is 0 Å². The van der Waals surface area contributed by atoms with E-state index < -0.39 is 0 Å². The van der Waals surface area contributed by atoms with E-state index in [9.17, 15) is 0 Å². The van der Waals surface area contributed by atoms with E-state index in [1.54, 1.807) is 0 Å². The summed E-state index contributed by atoms with van der Waals surface area (Å²) in [4.78, 5) is 0. The molecule has 0 aliphatic heterocycles. The van der Waals surface area contributed by atoms with Gasteiger partial charge in [-0.2, -0.15) is 0 Å². The van der Waals surface area contributed by atoms with E-state index in [2.05, 4.69) is 0 Å². The topological polar surface area (TPSA) is 0 Å². The van der Waals surface area contributed by atoms with Crippen molar-refractivity contribution in [1.82, 2.24) is 0 Å². The summed E-state index contributed by atoms with van der Waals surface area (Å²) in [5.74, 6) is 0. The third kappa shape index (κ3) is 9.05. The normalized spacial score (nSPS) is 0. The maximum atomic E-state index is 0. The average Bonchev–Trinajstić information content (AvgIpc) is 0. The smallest absolute Gasteiger partial charge is 0 e. The SMILES string of the molecule is [Al].[B].[Ti].[Zn]. The van der Waals surface area contributed by atoms with Crippen LogP contribution in [0, 0.1) is 0 Å². The van der Waals surface area contributed by atoms with Crippen LogP contribution >= 0.6 is 0 Å². The van der Waals surface area contributed by atoms with Crippen molar-refractivity contribution in [3.8, 4) is 0 Å². The van der Waals surface area contributed by atoms with Crippen molar-refractivity contribution >= 4 is 25.8 Å². The van der Waals surface area contributed by atoms with E-state index in [1.165, 1.54) is 0 Å². The fraction of sp³-hybridized carbons (Fsp3) is 0. The molecule has 0 bridgehead atoms. The van der Waals surface area contributed by atoms with Gasteiger partial charge in [-0.3, -0.25) is 0 Å². The van der Waals surface area contributed by atoms with Crippen molar-refractivity contribution < 1.29 is 41.2 Å². The molecule has 0 nitrogen and oxygen atoms in total. The molecule has 0 saturated carbocycles. The maximum absolute atomic E-state index is 0. The van der Waals surface area contributed by atoms with E-state index >= 15 is 0 Å². The van der Waals surface area contributed by atoms with Gasteiger partial charge in [0.2, 0.25) is 0 Å². The Bertz CT molecular complexity index is 8.00. The van der Waals surface area contributed by atoms with Crippen LogP contribution < -0.4 is 0 Å². The van der Waals surface area contributed by atoms with E-state index in [1.807, 2.05) is 0 Å². The summed E-state index contributed by atoms with van der Waals surface area (Å²) >= 11 is 0. The molecule has 0 unspecified atom stereocenters. The van der Waals surface area contributed by atoms with Crippen LogP contribution in [-0.2, 0) is 41.2 Å². The fourth-order valence-corrected chi connectivity index (χ4v) is 0. The van der Waals surface area contributed by atoms with Gasteiger partial charge in [-0.15, -0.1) is 0 Å². The van der Waals surface area contributed by atoms with Gasteiger partial charge in [0.1, 0.15) is 0 Å². The van der Waals surface area contributed by atoms with Gasteiger partial charge in [-0.05, 0) is 0 Å². The van der Waals surface area contributed by atoms with Crippen LogP contribution in [0.25, 0.3) is 0 Å². The molecule has 0 rings (SSSR count). The molecule has 6 radical (unpaired) electrons. The van der Waals surface area contributed by atoms with E-state index in [0.29, 0.717) is 0 Å². The van der Waals surface area contributed by atoms with Crippen molar-refractivity contribution in [2.75, 3.05) is 0 Å². The molecule has 0 atom stereocenters. The van der Waals surface area contributed by atoms with Crippen LogP contribution in [0.3, 0.4) is 0 Å².